The maximum atomic E-state index is 12.8. The maximum Gasteiger partial charge on any atom is 0.306 e. The Morgan fingerprint density at radius 2 is 1.00 bits per heavy atom. The lowest BCUT2D eigenvalue weighted by Crippen LogP contribution is -2.60. The first-order valence-electron chi connectivity index (χ1n) is 23.3. The van der Waals surface area contributed by atoms with E-state index in [9.17, 15) is 37.9 Å². The van der Waals surface area contributed by atoms with Crippen LogP contribution in [0.2, 0.25) is 0 Å². The molecule has 352 valence electrons. The van der Waals surface area contributed by atoms with Gasteiger partial charge in [-0.3, -0.25) is 14.1 Å². The van der Waals surface area contributed by atoms with E-state index >= 15 is 0 Å². The number of aliphatic hydroxyl groups excluding tert-OH is 3. The topological polar surface area (TPSA) is 186 Å². The SMILES string of the molecule is CCCCC/C=C/CCCCCCCC(=O)OC[C@H](CO[C@H]1O[C@H](CS(=O)(=O)O)[C@@H](O)C(O)C1O)OC(=O)CCC/C=C/C/C=C/C/C=C/C/C=C/CCCCCCCCC. The van der Waals surface area contributed by atoms with Gasteiger partial charge in [-0.2, -0.15) is 8.42 Å². The molecule has 13 heteroatoms. The minimum atomic E-state index is -4.61. The molecule has 61 heavy (non-hydrogen) atoms. The van der Waals surface area contributed by atoms with E-state index in [2.05, 4.69) is 62.5 Å². The Hall–Kier alpha value is -2.65. The van der Waals surface area contributed by atoms with Gasteiger partial charge in [-0.1, -0.05) is 145 Å². The largest absolute Gasteiger partial charge is 0.462 e. The predicted molar refractivity (Wildman–Crippen MR) is 242 cm³/mol. The van der Waals surface area contributed by atoms with Crippen LogP contribution >= 0.6 is 0 Å². The van der Waals surface area contributed by atoms with Gasteiger partial charge in [0.05, 0.1) is 6.61 Å². The fraction of sp³-hybridized carbons (Fsp3) is 0.750. The summed E-state index contributed by atoms with van der Waals surface area (Å²) in [6, 6.07) is 0. The summed E-state index contributed by atoms with van der Waals surface area (Å²) >= 11 is 0. The van der Waals surface area contributed by atoms with Crippen LogP contribution in [0.1, 0.15) is 174 Å². The normalized spacial score (nSPS) is 20.5. The number of hydrogen-bond acceptors (Lipinski definition) is 11. The highest BCUT2D eigenvalue weighted by molar-refractivity contribution is 7.85. The molecule has 0 radical (unpaired) electrons. The molecule has 0 aromatic heterocycles. The number of esters is 2. The van der Waals surface area contributed by atoms with Gasteiger partial charge in [-0.25, -0.2) is 0 Å². The molecule has 2 unspecified atom stereocenters. The molecule has 0 amide bonds. The zero-order valence-electron chi connectivity index (χ0n) is 37.5. The Balaban J connectivity index is 2.48. The second-order valence-electron chi connectivity index (χ2n) is 16.1. The number of carbonyl (C=O) groups excluding carboxylic acids is 2. The number of hydrogen-bond donors (Lipinski definition) is 4. The summed E-state index contributed by atoms with van der Waals surface area (Å²) in [5.41, 5.74) is 0. The van der Waals surface area contributed by atoms with Crippen LogP contribution in [0.4, 0.5) is 0 Å². The second-order valence-corrected chi connectivity index (χ2v) is 17.6. The van der Waals surface area contributed by atoms with E-state index in [1.54, 1.807) is 0 Å². The fourth-order valence-electron chi connectivity index (χ4n) is 6.66. The zero-order valence-corrected chi connectivity index (χ0v) is 38.3. The quantitative estimate of drug-likeness (QED) is 0.0199. The Morgan fingerprint density at radius 1 is 0.557 bits per heavy atom. The van der Waals surface area contributed by atoms with Crippen LogP contribution in [0.3, 0.4) is 0 Å². The van der Waals surface area contributed by atoms with E-state index in [-0.39, 0.29) is 19.4 Å². The average Bonchev–Trinajstić information content (AvgIpc) is 3.22. The minimum Gasteiger partial charge on any atom is -0.462 e. The van der Waals surface area contributed by atoms with Crippen molar-refractivity contribution < 1.29 is 56.8 Å². The molecule has 1 rings (SSSR count). The monoisotopic (exact) mass is 883 g/mol. The summed E-state index contributed by atoms with van der Waals surface area (Å²) < 4.78 is 54.0. The maximum absolute atomic E-state index is 12.8. The Bertz CT molecular complexity index is 1360. The van der Waals surface area contributed by atoms with Crippen molar-refractivity contribution in [1.29, 1.82) is 0 Å². The Kier molecular flexibility index (Phi) is 35.0. The molecule has 1 fully saturated rings. The van der Waals surface area contributed by atoms with Crippen molar-refractivity contribution in [3.05, 3.63) is 60.8 Å². The van der Waals surface area contributed by atoms with Gasteiger partial charge < -0.3 is 34.3 Å². The molecule has 0 saturated carbocycles. The molecule has 0 aliphatic carbocycles. The highest BCUT2D eigenvalue weighted by Gasteiger charge is 2.46. The number of allylic oxidation sites excluding steroid dienone is 10. The van der Waals surface area contributed by atoms with E-state index in [0.29, 0.717) is 19.3 Å². The average molecular weight is 883 g/mol. The van der Waals surface area contributed by atoms with Crippen LogP contribution in [0.25, 0.3) is 0 Å². The molecular weight excluding hydrogens is 801 g/mol. The Labute approximate surface area is 368 Å². The number of ether oxygens (including phenoxy) is 4. The van der Waals surface area contributed by atoms with Crippen LogP contribution in [-0.4, -0.2) is 96.0 Å². The number of unbranched alkanes of at least 4 members (excludes halogenated alkanes) is 16. The predicted octanol–water partition coefficient (Wildman–Crippen LogP) is 9.73. The van der Waals surface area contributed by atoms with Crippen molar-refractivity contribution in [1.82, 2.24) is 0 Å². The summed E-state index contributed by atoms with van der Waals surface area (Å²) in [5.74, 6) is -2.07. The van der Waals surface area contributed by atoms with E-state index in [0.717, 1.165) is 64.2 Å². The number of aliphatic hydroxyl groups is 3. The van der Waals surface area contributed by atoms with Crippen LogP contribution < -0.4 is 0 Å². The van der Waals surface area contributed by atoms with Gasteiger partial charge >= 0.3 is 11.9 Å². The van der Waals surface area contributed by atoms with Gasteiger partial charge in [0, 0.05) is 12.8 Å². The van der Waals surface area contributed by atoms with E-state index < -0.39 is 71.2 Å². The highest BCUT2D eigenvalue weighted by Crippen LogP contribution is 2.24. The highest BCUT2D eigenvalue weighted by atomic mass is 32.2. The molecule has 0 aromatic rings. The standard InChI is InChI=1S/C48H82O12S/c1-3-5-7-9-11-13-15-17-18-19-20-21-22-23-24-25-27-29-31-33-35-37-44(50)59-41(39-58-48-47(53)46(52)45(51)42(60-48)40-61(54,55)56)38-57-43(49)36-34-32-30-28-26-16-14-12-10-8-6-4-2/h12,14,18-19,21-22,24-25,29,31,41-42,45-48,51-53H,3-11,13,15-17,20,23,26-28,30,32-40H2,1-2H3,(H,54,55,56)/b14-12+,19-18+,22-21+,25-24+,31-29+/t41-,42-,45-,46?,47?,48+/m1/s1. The summed E-state index contributed by atoms with van der Waals surface area (Å²) in [4.78, 5) is 25.4. The molecule has 1 aliphatic rings. The molecule has 1 saturated heterocycles. The van der Waals surface area contributed by atoms with Crippen molar-refractivity contribution in [2.24, 2.45) is 0 Å². The molecule has 4 N–H and O–H groups in total. The van der Waals surface area contributed by atoms with E-state index in [1.807, 2.05) is 12.2 Å². The van der Waals surface area contributed by atoms with Gasteiger partial charge in [-0.05, 0) is 77.0 Å². The van der Waals surface area contributed by atoms with Crippen LogP contribution in [-0.2, 0) is 38.7 Å². The first-order valence-corrected chi connectivity index (χ1v) is 25.0. The lowest BCUT2D eigenvalue weighted by Gasteiger charge is -2.40. The molecule has 0 aromatic carbocycles. The van der Waals surface area contributed by atoms with Crippen molar-refractivity contribution in [2.75, 3.05) is 19.0 Å². The number of rotatable bonds is 38. The van der Waals surface area contributed by atoms with E-state index in [1.165, 1.54) is 64.2 Å². The van der Waals surface area contributed by atoms with Crippen LogP contribution in [0.5, 0.6) is 0 Å². The van der Waals surface area contributed by atoms with Gasteiger partial charge in [0.25, 0.3) is 10.1 Å². The molecule has 1 aliphatic heterocycles. The molecule has 1 heterocycles. The third-order valence-corrected chi connectivity index (χ3v) is 11.1. The van der Waals surface area contributed by atoms with Crippen molar-refractivity contribution >= 4 is 22.1 Å². The van der Waals surface area contributed by atoms with Gasteiger partial charge in [0.2, 0.25) is 0 Å². The summed E-state index contributed by atoms with van der Waals surface area (Å²) in [7, 11) is -4.61. The molecule has 0 spiro atoms. The van der Waals surface area contributed by atoms with E-state index in [4.69, 9.17) is 18.9 Å². The number of carbonyl (C=O) groups is 2. The van der Waals surface area contributed by atoms with Gasteiger partial charge in [0.15, 0.2) is 12.4 Å². The fourth-order valence-corrected chi connectivity index (χ4v) is 7.35. The lowest BCUT2D eigenvalue weighted by molar-refractivity contribution is -0.297. The lowest BCUT2D eigenvalue weighted by atomic mass is 10.00. The molecular formula is C48H82O12S. The van der Waals surface area contributed by atoms with Gasteiger partial charge in [-0.15, -0.1) is 0 Å². The van der Waals surface area contributed by atoms with Crippen LogP contribution in [0.15, 0.2) is 60.8 Å². The smallest absolute Gasteiger partial charge is 0.306 e. The Morgan fingerprint density at radius 3 is 1.56 bits per heavy atom. The summed E-state index contributed by atoms with van der Waals surface area (Å²) in [6.07, 6.45) is 37.1. The van der Waals surface area contributed by atoms with Crippen molar-refractivity contribution in [3.63, 3.8) is 0 Å². The van der Waals surface area contributed by atoms with Crippen LogP contribution in [0, 0.1) is 0 Å². The molecule has 0 bridgehead atoms. The second kappa shape index (κ2) is 37.9. The summed E-state index contributed by atoms with van der Waals surface area (Å²) in [6.45, 7) is 3.67. The summed E-state index contributed by atoms with van der Waals surface area (Å²) in [5, 5.41) is 30.9. The zero-order chi connectivity index (χ0) is 44.8. The van der Waals surface area contributed by atoms with Crippen molar-refractivity contribution in [3.8, 4) is 0 Å². The molecule has 6 atom stereocenters. The van der Waals surface area contributed by atoms with Crippen molar-refractivity contribution in [2.45, 2.75) is 211 Å². The minimum absolute atomic E-state index is 0.0848. The first-order chi connectivity index (χ1) is 29.5. The van der Waals surface area contributed by atoms with Gasteiger partial charge in [0.1, 0.15) is 36.8 Å². The third kappa shape index (κ3) is 32.7. The molecule has 12 nitrogen and oxygen atoms in total. The first kappa shape index (κ1) is 56.4. The third-order valence-electron chi connectivity index (χ3n) is 10.3.